The summed E-state index contributed by atoms with van der Waals surface area (Å²) in [6, 6.07) is 16.5. The summed E-state index contributed by atoms with van der Waals surface area (Å²) in [5, 5.41) is 6.72. The van der Waals surface area contributed by atoms with Crippen LogP contribution in [-0.2, 0) is 13.0 Å². The number of aromatic amines is 1. The van der Waals surface area contributed by atoms with Crippen LogP contribution in [0.4, 0.5) is 0 Å². The predicted octanol–water partition coefficient (Wildman–Crippen LogP) is 4.18. The van der Waals surface area contributed by atoms with Gasteiger partial charge in [0.15, 0.2) is 5.96 Å². The van der Waals surface area contributed by atoms with Crippen LogP contribution in [0.3, 0.4) is 0 Å². The number of aliphatic imine (C=N–C) groups is 1. The van der Waals surface area contributed by atoms with Gasteiger partial charge in [-0.3, -0.25) is 0 Å². The van der Waals surface area contributed by atoms with Gasteiger partial charge in [-0.2, -0.15) is 0 Å². The molecule has 0 amide bonds. The summed E-state index contributed by atoms with van der Waals surface area (Å²) in [5.74, 6) is 1.90. The minimum atomic E-state index is 0. The molecule has 0 saturated heterocycles. The number of nitrogens with one attached hydrogen (secondary N) is 3. The maximum atomic E-state index is 4.69. The summed E-state index contributed by atoms with van der Waals surface area (Å²) < 4.78 is 0. The molecule has 0 saturated carbocycles. The summed E-state index contributed by atoms with van der Waals surface area (Å²) in [4.78, 5) is 12.7. The molecule has 0 atom stereocenters. The monoisotopic (exact) mass is 477 g/mol. The quantitative estimate of drug-likeness (QED) is 0.207. The van der Waals surface area contributed by atoms with Crippen molar-refractivity contribution >= 4 is 41.0 Å². The molecule has 2 aromatic carbocycles. The minimum Gasteiger partial charge on any atom is -0.357 e. The molecule has 5 nitrogen and oxygen atoms in total. The smallest absolute Gasteiger partial charge is 0.191 e. The number of halogens is 1. The Morgan fingerprint density at radius 1 is 1.07 bits per heavy atom. The van der Waals surface area contributed by atoms with Crippen LogP contribution in [0.1, 0.15) is 30.3 Å². The maximum absolute atomic E-state index is 4.69. The number of nitrogens with zero attached hydrogens (tertiary/aromatic N) is 2. The van der Waals surface area contributed by atoms with Gasteiger partial charge in [0.1, 0.15) is 5.82 Å². The lowest BCUT2D eigenvalue weighted by Crippen LogP contribution is -2.37. The average Bonchev–Trinajstić information content (AvgIpc) is 3.07. The average molecular weight is 477 g/mol. The van der Waals surface area contributed by atoms with Crippen LogP contribution in [0.15, 0.2) is 53.5 Å². The number of rotatable bonds is 7. The molecule has 3 rings (SSSR count). The Morgan fingerprint density at radius 3 is 2.63 bits per heavy atom. The molecule has 1 aromatic heterocycles. The third kappa shape index (κ3) is 6.23. The number of fused-ring (bicyclic) bond motifs is 1. The summed E-state index contributed by atoms with van der Waals surface area (Å²) in [7, 11) is 0. The first kappa shape index (κ1) is 21.2. The van der Waals surface area contributed by atoms with E-state index in [9.17, 15) is 0 Å². The van der Waals surface area contributed by atoms with Crippen LogP contribution in [0.2, 0.25) is 0 Å². The predicted molar refractivity (Wildman–Crippen MR) is 124 cm³/mol. The van der Waals surface area contributed by atoms with Gasteiger partial charge >= 0.3 is 0 Å². The highest BCUT2D eigenvalue weighted by Gasteiger charge is 2.03. The van der Waals surface area contributed by atoms with Crippen LogP contribution in [0.25, 0.3) is 11.0 Å². The summed E-state index contributed by atoms with van der Waals surface area (Å²) in [6.45, 7) is 6.60. The second kappa shape index (κ2) is 10.9. The lowest BCUT2D eigenvalue weighted by molar-refractivity contribution is 0.727. The van der Waals surface area contributed by atoms with E-state index in [0.717, 1.165) is 48.7 Å². The first-order chi connectivity index (χ1) is 12.8. The number of hydrogen-bond acceptors (Lipinski definition) is 2. The minimum absolute atomic E-state index is 0. The molecule has 0 spiro atoms. The van der Waals surface area contributed by atoms with Crippen molar-refractivity contribution in [3.05, 3.63) is 65.5 Å². The van der Waals surface area contributed by atoms with Crippen LogP contribution in [0.5, 0.6) is 0 Å². The molecule has 0 aliphatic carbocycles. The topological polar surface area (TPSA) is 65.1 Å². The first-order valence-corrected chi connectivity index (χ1v) is 9.26. The number of para-hydroxylation sites is 2. The van der Waals surface area contributed by atoms with E-state index in [0.29, 0.717) is 6.54 Å². The van der Waals surface area contributed by atoms with Crippen LogP contribution < -0.4 is 10.6 Å². The molecule has 3 N–H and O–H groups in total. The lowest BCUT2D eigenvalue weighted by atomic mass is 10.1. The molecule has 3 aromatic rings. The van der Waals surface area contributed by atoms with Gasteiger partial charge in [-0.1, -0.05) is 36.4 Å². The van der Waals surface area contributed by atoms with Crippen molar-refractivity contribution in [3.63, 3.8) is 0 Å². The number of H-pyrrole nitrogens is 1. The zero-order valence-corrected chi connectivity index (χ0v) is 18.3. The fraction of sp³-hybridized carbons (Fsp3) is 0.333. The number of aromatic nitrogens is 2. The number of guanidine groups is 1. The normalized spacial score (nSPS) is 11.3. The number of aryl methyl sites for hydroxylation is 2. The second-order valence-electron chi connectivity index (χ2n) is 6.35. The molecule has 6 heteroatoms. The van der Waals surface area contributed by atoms with Crippen LogP contribution >= 0.6 is 24.0 Å². The summed E-state index contributed by atoms with van der Waals surface area (Å²) in [6.07, 6.45) is 1.91. The van der Waals surface area contributed by atoms with Crippen molar-refractivity contribution in [2.24, 2.45) is 4.99 Å². The Labute approximate surface area is 178 Å². The Morgan fingerprint density at radius 2 is 1.85 bits per heavy atom. The van der Waals surface area contributed by atoms with E-state index in [2.05, 4.69) is 64.8 Å². The molecule has 0 aliphatic heterocycles. The summed E-state index contributed by atoms with van der Waals surface area (Å²) in [5.41, 5.74) is 4.66. The van der Waals surface area contributed by atoms with E-state index in [1.54, 1.807) is 0 Å². The van der Waals surface area contributed by atoms with Gasteiger partial charge in [-0.15, -0.1) is 24.0 Å². The number of imidazole rings is 1. The van der Waals surface area contributed by atoms with Crippen molar-refractivity contribution in [2.75, 3.05) is 13.1 Å². The fourth-order valence-corrected chi connectivity index (χ4v) is 2.88. The Balaban J connectivity index is 0.00000261. The largest absolute Gasteiger partial charge is 0.357 e. The summed E-state index contributed by atoms with van der Waals surface area (Å²) >= 11 is 0. The lowest BCUT2D eigenvalue weighted by Gasteiger charge is -2.11. The molecule has 0 bridgehead atoms. The Kier molecular flexibility index (Phi) is 8.57. The van der Waals surface area contributed by atoms with Crippen molar-refractivity contribution in [1.82, 2.24) is 20.6 Å². The van der Waals surface area contributed by atoms with E-state index in [1.165, 1.54) is 11.1 Å². The number of benzene rings is 2. The van der Waals surface area contributed by atoms with E-state index in [-0.39, 0.29) is 24.0 Å². The molecular formula is C21H28IN5. The van der Waals surface area contributed by atoms with Crippen LogP contribution in [0, 0.1) is 6.92 Å². The highest BCUT2D eigenvalue weighted by Crippen LogP contribution is 2.11. The second-order valence-corrected chi connectivity index (χ2v) is 6.35. The molecule has 0 aliphatic rings. The van der Waals surface area contributed by atoms with E-state index in [1.807, 2.05) is 18.2 Å². The molecule has 0 unspecified atom stereocenters. The van der Waals surface area contributed by atoms with Gasteiger partial charge in [0.2, 0.25) is 0 Å². The van der Waals surface area contributed by atoms with Crippen molar-refractivity contribution in [2.45, 2.75) is 33.2 Å². The van der Waals surface area contributed by atoms with Crippen molar-refractivity contribution in [1.29, 1.82) is 0 Å². The van der Waals surface area contributed by atoms with E-state index < -0.39 is 0 Å². The fourth-order valence-electron chi connectivity index (χ4n) is 2.88. The van der Waals surface area contributed by atoms with Gasteiger partial charge in [-0.05, 0) is 43.5 Å². The van der Waals surface area contributed by atoms with Crippen LogP contribution in [-0.4, -0.2) is 29.0 Å². The third-order valence-electron chi connectivity index (χ3n) is 4.33. The maximum Gasteiger partial charge on any atom is 0.191 e. The zero-order valence-electron chi connectivity index (χ0n) is 16.0. The van der Waals surface area contributed by atoms with Crippen molar-refractivity contribution in [3.8, 4) is 0 Å². The highest BCUT2D eigenvalue weighted by atomic mass is 127. The van der Waals surface area contributed by atoms with Gasteiger partial charge < -0.3 is 15.6 Å². The van der Waals surface area contributed by atoms with Gasteiger partial charge in [0, 0.05) is 19.5 Å². The number of hydrogen-bond donors (Lipinski definition) is 3. The van der Waals surface area contributed by atoms with Crippen molar-refractivity contribution < 1.29 is 0 Å². The van der Waals surface area contributed by atoms with E-state index in [4.69, 9.17) is 4.99 Å². The standard InChI is InChI=1S/C21H27N5.HI/c1-3-22-21(24-15-17-10-5-4-9-16(17)2)23-14-8-13-20-25-18-11-6-7-12-19(18)26-20;/h4-7,9-12H,3,8,13-15H2,1-2H3,(H,25,26)(H2,22,23,24);1H. The first-order valence-electron chi connectivity index (χ1n) is 9.26. The molecular weight excluding hydrogens is 449 g/mol. The molecule has 1 heterocycles. The molecule has 144 valence electrons. The van der Waals surface area contributed by atoms with Gasteiger partial charge in [-0.25, -0.2) is 9.98 Å². The Hall–Kier alpha value is -2.09. The SMILES string of the molecule is CCNC(=NCc1ccccc1C)NCCCc1nc2ccccc2[nH]1.I. The van der Waals surface area contributed by atoms with Gasteiger partial charge in [0.05, 0.1) is 17.6 Å². The van der Waals surface area contributed by atoms with Gasteiger partial charge in [0.25, 0.3) is 0 Å². The van der Waals surface area contributed by atoms with E-state index >= 15 is 0 Å². The molecule has 0 radical (unpaired) electrons. The Bertz CT molecular complexity index is 839. The highest BCUT2D eigenvalue weighted by molar-refractivity contribution is 14.0. The molecule has 27 heavy (non-hydrogen) atoms. The molecule has 0 fully saturated rings. The zero-order chi connectivity index (χ0) is 18.2. The third-order valence-corrected chi connectivity index (χ3v) is 4.33.